The van der Waals surface area contributed by atoms with Crippen LogP contribution in [-0.2, 0) is 16.1 Å². The van der Waals surface area contributed by atoms with Crippen molar-refractivity contribution >= 4 is 11.8 Å². The molecule has 2 N–H and O–H groups in total. The minimum atomic E-state index is -0.409. The predicted molar refractivity (Wildman–Crippen MR) is 73.0 cm³/mol. The zero-order valence-corrected chi connectivity index (χ0v) is 11.9. The zero-order chi connectivity index (χ0) is 15.1. The van der Waals surface area contributed by atoms with Gasteiger partial charge in [0, 0.05) is 31.0 Å². The second kappa shape index (κ2) is 7.49. The van der Waals surface area contributed by atoms with E-state index in [9.17, 15) is 9.59 Å². The van der Waals surface area contributed by atoms with Gasteiger partial charge in [-0.25, -0.2) is 0 Å². The Kier molecular flexibility index (Phi) is 5.99. The minimum absolute atomic E-state index is 0.0560. The molecular formula is C14H19NO5. The van der Waals surface area contributed by atoms with Gasteiger partial charge < -0.3 is 19.9 Å². The Bertz CT molecular complexity index is 473. The highest BCUT2D eigenvalue weighted by Gasteiger charge is 2.15. The molecule has 0 saturated heterocycles. The van der Waals surface area contributed by atoms with Crippen LogP contribution in [-0.4, -0.2) is 32.6 Å². The van der Waals surface area contributed by atoms with Gasteiger partial charge in [0.2, 0.25) is 0 Å². The van der Waals surface area contributed by atoms with Gasteiger partial charge in [-0.05, 0) is 12.1 Å². The second-order valence-corrected chi connectivity index (χ2v) is 4.09. The van der Waals surface area contributed by atoms with Gasteiger partial charge in [0.15, 0.2) is 17.3 Å². The largest absolute Gasteiger partial charge is 0.493 e. The maximum Gasteiger partial charge on any atom is 0.302 e. The lowest BCUT2D eigenvalue weighted by Gasteiger charge is -2.13. The lowest BCUT2D eigenvalue weighted by molar-refractivity contribution is -0.140. The Morgan fingerprint density at radius 2 is 1.90 bits per heavy atom. The van der Waals surface area contributed by atoms with Gasteiger partial charge in [0.05, 0.1) is 20.8 Å². The Morgan fingerprint density at radius 3 is 2.40 bits per heavy atom. The maximum atomic E-state index is 12.0. The fourth-order valence-electron chi connectivity index (χ4n) is 1.79. The molecule has 1 aromatic carbocycles. The Balaban J connectivity index is 2.94. The number of rotatable bonds is 7. The van der Waals surface area contributed by atoms with E-state index >= 15 is 0 Å². The normalized spacial score (nSPS) is 10.0. The number of methoxy groups -OCH3 is 2. The summed E-state index contributed by atoms with van der Waals surface area (Å²) in [5, 5.41) is 0. The van der Waals surface area contributed by atoms with E-state index < -0.39 is 5.97 Å². The van der Waals surface area contributed by atoms with Crippen LogP contribution < -0.4 is 15.2 Å². The number of Topliss-reactive ketones (excluding diaryl/α,β-unsaturated/α-hetero) is 1. The van der Waals surface area contributed by atoms with Crippen LogP contribution in [0.25, 0.3) is 0 Å². The summed E-state index contributed by atoms with van der Waals surface area (Å²) < 4.78 is 15.2. The molecule has 1 rings (SSSR count). The van der Waals surface area contributed by atoms with Crippen molar-refractivity contribution in [2.75, 3.05) is 20.8 Å². The first-order chi connectivity index (χ1) is 9.53. The van der Waals surface area contributed by atoms with Crippen molar-refractivity contribution in [1.29, 1.82) is 0 Å². The molecule has 0 atom stereocenters. The molecule has 0 aliphatic rings. The van der Waals surface area contributed by atoms with E-state index in [2.05, 4.69) is 0 Å². The van der Waals surface area contributed by atoms with Gasteiger partial charge in [0.25, 0.3) is 0 Å². The molecule has 0 aliphatic heterocycles. The van der Waals surface area contributed by atoms with Crippen LogP contribution >= 0.6 is 0 Å². The van der Waals surface area contributed by atoms with E-state index in [0.717, 1.165) is 0 Å². The number of benzene rings is 1. The first-order valence-electron chi connectivity index (χ1n) is 6.15. The predicted octanol–water partition coefficient (Wildman–Crippen LogP) is 1.30. The van der Waals surface area contributed by atoms with Crippen molar-refractivity contribution in [3.05, 3.63) is 23.3 Å². The van der Waals surface area contributed by atoms with Crippen molar-refractivity contribution in [2.24, 2.45) is 5.73 Å². The number of carbonyl (C=O) groups is 2. The Morgan fingerprint density at radius 1 is 1.20 bits per heavy atom. The van der Waals surface area contributed by atoms with Crippen LogP contribution in [0.4, 0.5) is 0 Å². The summed E-state index contributed by atoms with van der Waals surface area (Å²) in [5.74, 6) is 0.410. The number of hydrogen-bond donors (Lipinski definition) is 1. The molecule has 6 heteroatoms. The van der Waals surface area contributed by atoms with Crippen LogP contribution in [0, 0.1) is 0 Å². The van der Waals surface area contributed by atoms with Crippen molar-refractivity contribution in [2.45, 2.75) is 19.9 Å². The molecule has 0 amide bonds. The van der Waals surface area contributed by atoms with Crippen molar-refractivity contribution in [3.63, 3.8) is 0 Å². The highest BCUT2D eigenvalue weighted by molar-refractivity contribution is 5.97. The molecule has 0 aromatic heterocycles. The summed E-state index contributed by atoms with van der Waals surface area (Å²) in [5.41, 5.74) is 6.78. The number of ketones is 1. The average molecular weight is 281 g/mol. The second-order valence-electron chi connectivity index (χ2n) is 4.09. The molecule has 0 fully saturated rings. The molecule has 1 aromatic rings. The minimum Gasteiger partial charge on any atom is -0.493 e. The topological polar surface area (TPSA) is 87.9 Å². The van der Waals surface area contributed by atoms with Crippen molar-refractivity contribution in [1.82, 2.24) is 0 Å². The fraction of sp³-hybridized carbons (Fsp3) is 0.429. The molecule has 0 heterocycles. The Labute approximate surface area is 117 Å². The van der Waals surface area contributed by atoms with Crippen molar-refractivity contribution < 1.29 is 23.8 Å². The molecule has 6 nitrogen and oxygen atoms in total. The summed E-state index contributed by atoms with van der Waals surface area (Å²) in [6.45, 7) is 1.58. The third-order valence-corrected chi connectivity index (χ3v) is 2.73. The van der Waals surface area contributed by atoms with Crippen LogP contribution in [0.5, 0.6) is 11.5 Å². The van der Waals surface area contributed by atoms with Gasteiger partial charge >= 0.3 is 5.97 Å². The van der Waals surface area contributed by atoms with Crippen LogP contribution in [0.1, 0.15) is 29.3 Å². The smallest absolute Gasteiger partial charge is 0.302 e. The van der Waals surface area contributed by atoms with Gasteiger partial charge in [-0.3, -0.25) is 9.59 Å². The molecule has 0 aliphatic carbocycles. The van der Waals surface area contributed by atoms with Gasteiger partial charge in [-0.15, -0.1) is 0 Å². The van der Waals surface area contributed by atoms with E-state index in [1.165, 1.54) is 21.1 Å². The highest BCUT2D eigenvalue weighted by atomic mass is 16.5. The lowest BCUT2D eigenvalue weighted by atomic mass is 10.0. The summed E-state index contributed by atoms with van der Waals surface area (Å²) in [7, 11) is 3.00. The fourth-order valence-corrected chi connectivity index (χ4v) is 1.79. The lowest BCUT2D eigenvalue weighted by Crippen LogP contribution is -2.09. The molecule has 20 heavy (non-hydrogen) atoms. The quantitative estimate of drug-likeness (QED) is 0.598. The van der Waals surface area contributed by atoms with E-state index in [1.807, 2.05) is 0 Å². The van der Waals surface area contributed by atoms with Crippen LogP contribution in [0.3, 0.4) is 0 Å². The van der Waals surface area contributed by atoms with E-state index in [0.29, 0.717) is 22.6 Å². The van der Waals surface area contributed by atoms with Gasteiger partial charge in [-0.2, -0.15) is 0 Å². The average Bonchev–Trinajstić information content (AvgIpc) is 2.44. The first-order valence-corrected chi connectivity index (χ1v) is 6.15. The molecule has 0 unspecified atom stereocenters. The summed E-state index contributed by atoms with van der Waals surface area (Å²) in [6.07, 6.45) is 0.110. The Hall–Kier alpha value is -2.08. The summed E-state index contributed by atoms with van der Waals surface area (Å²) in [6, 6.07) is 3.26. The third kappa shape index (κ3) is 3.96. The zero-order valence-electron chi connectivity index (χ0n) is 11.9. The first kappa shape index (κ1) is 16.0. The SMILES string of the molecule is COc1cc(C(=O)CCOC(C)=O)cc(CN)c1OC. The number of esters is 1. The monoisotopic (exact) mass is 281 g/mol. The van der Waals surface area contributed by atoms with E-state index in [-0.39, 0.29) is 25.4 Å². The molecule has 110 valence electrons. The van der Waals surface area contributed by atoms with Crippen LogP contribution in [0.2, 0.25) is 0 Å². The van der Waals surface area contributed by atoms with E-state index in [4.69, 9.17) is 19.9 Å². The number of nitrogens with two attached hydrogens (primary N) is 1. The molecule has 0 radical (unpaired) electrons. The molecule has 0 spiro atoms. The standard InChI is InChI=1S/C14H19NO5/c1-9(16)20-5-4-12(17)10-6-11(8-15)14(19-3)13(7-10)18-2/h6-7H,4-5,8,15H2,1-3H3. The van der Waals surface area contributed by atoms with E-state index in [1.54, 1.807) is 12.1 Å². The number of carbonyl (C=O) groups excluding carboxylic acids is 2. The van der Waals surface area contributed by atoms with Gasteiger partial charge in [-0.1, -0.05) is 0 Å². The van der Waals surface area contributed by atoms with Crippen molar-refractivity contribution in [3.8, 4) is 11.5 Å². The molecule has 0 bridgehead atoms. The van der Waals surface area contributed by atoms with Gasteiger partial charge in [0.1, 0.15) is 0 Å². The highest BCUT2D eigenvalue weighted by Crippen LogP contribution is 2.32. The number of hydrogen-bond acceptors (Lipinski definition) is 6. The number of ether oxygens (including phenoxy) is 3. The maximum absolute atomic E-state index is 12.0. The molecular weight excluding hydrogens is 262 g/mol. The summed E-state index contributed by atoms with van der Waals surface area (Å²) >= 11 is 0. The van der Waals surface area contributed by atoms with Crippen LogP contribution in [0.15, 0.2) is 12.1 Å². The summed E-state index contributed by atoms with van der Waals surface area (Å²) in [4.78, 5) is 22.7. The molecule has 0 saturated carbocycles. The third-order valence-electron chi connectivity index (χ3n) is 2.73.